The molecule has 0 atom stereocenters. The van der Waals surface area contributed by atoms with E-state index in [0.29, 0.717) is 31.6 Å². The number of nitrogens with zero attached hydrogens (tertiary/aromatic N) is 4. The molecule has 1 aliphatic heterocycles. The Bertz CT molecular complexity index is 833. The van der Waals surface area contributed by atoms with Crippen molar-refractivity contribution in [2.45, 2.75) is 12.6 Å². The summed E-state index contributed by atoms with van der Waals surface area (Å²) < 4.78 is 38.6. The van der Waals surface area contributed by atoms with E-state index in [1.807, 2.05) is 0 Å². The highest BCUT2D eigenvalue weighted by Gasteiger charge is 2.31. The zero-order chi connectivity index (χ0) is 19.4. The Morgan fingerprint density at radius 3 is 2.04 bits per heavy atom. The third-order valence-electron chi connectivity index (χ3n) is 4.31. The molecule has 0 saturated carbocycles. The van der Waals surface area contributed by atoms with Gasteiger partial charge >= 0.3 is 6.18 Å². The van der Waals surface area contributed by atoms with Gasteiger partial charge in [0.25, 0.3) is 11.8 Å². The fourth-order valence-corrected chi connectivity index (χ4v) is 2.93. The molecule has 28 heavy (non-hydrogen) atoms. The maximum atomic E-state index is 12.9. The van der Waals surface area contributed by atoms with E-state index >= 15 is 0 Å². The SMILES string of the molecule is Cl.O=C(c1cncnc1)N1CCCN(C(=O)c2cccc(C(F)(F)F)c2)CC1. The number of aromatic nitrogens is 2. The molecule has 1 aliphatic rings. The minimum atomic E-state index is -4.50. The first-order chi connectivity index (χ1) is 12.9. The van der Waals surface area contributed by atoms with Crippen LogP contribution in [-0.2, 0) is 6.18 Å². The summed E-state index contributed by atoms with van der Waals surface area (Å²) in [5.74, 6) is -0.706. The normalized spacial score (nSPS) is 14.8. The molecule has 2 aromatic rings. The van der Waals surface area contributed by atoms with Gasteiger partial charge in [-0.3, -0.25) is 9.59 Å². The van der Waals surface area contributed by atoms with Crippen molar-refractivity contribution in [3.8, 4) is 0 Å². The van der Waals surface area contributed by atoms with Gasteiger partial charge in [-0.15, -0.1) is 12.4 Å². The van der Waals surface area contributed by atoms with Gasteiger partial charge < -0.3 is 9.80 Å². The van der Waals surface area contributed by atoms with Crippen LogP contribution in [0.2, 0.25) is 0 Å². The Morgan fingerprint density at radius 2 is 1.46 bits per heavy atom. The van der Waals surface area contributed by atoms with Crippen molar-refractivity contribution in [3.63, 3.8) is 0 Å². The zero-order valence-corrected chi connectivity index (χ0v) is 15.5. The molecule has 0 radical (unpaired) electrons. The van der Waals surface area contributed by atoms with E-state index in [4.69, 9.17) is 0 Å². The van der Waals surface area contributed by atoms with Crippen molar-refractivity contribution >= 4 is 24.2 Å². The van der Waals surface area contributed by atoms with Crippen LogP contribution >= 0.6 is 12.4 Å². The van der Waals surface area contributed by atoms with E-state index in [1.54, 1.807) is 4.90 Å². The van der Waals surface area contributed by atoms with Gasteiger partial charge in [0.1, 0.15) is 6.33 Å². The molecule has 1 saturated heterocycles. The van der Waals surface area contributed by atoms with Crippen molar-refractivity contribution in [1.29, 1.82) is 0 Å². The molecule has 10 heteroatoms. The zero-order valence-electron chi connectivity index (χ0n) is 14.7. The first-order valence-electron chi connectivity index (χ1n) is 8.37. The third-order valence-corrected chi connectivity index (χ3v) is 4.31. The monoisotopic (exact) mass is 414 g/mol. The number of alkyl halides is 3. The van der Waals surface area contributed by atoms with Crippen LogP contribution in [0.3, 0.4) is 0 Å². The number of hydrogen-bond donors (Lipinski definition) is 0. The molecule has 2 amide bonds. The van der Waals surface area contributed by atoms with Gasteiger partial charge in [-0.25, -0.2) is 9.97 Å². The van der Waals surface area contributed by atoms with Crippen LogP contribution in [0.15, 0.2) is 43.0 Å². The second kappa shape index (κ2) is 9.01. The van der Waals surface area contributed by atoms with Gasteiger partial charge in [0.05, 0.1) is 11.1 Å². The molecule has 2 heterocycles. The summed E-state index contributed by atoms with van der Waals surface area (Å²) in [4.78, 5) is 35.8. The second-order valence-electron chi connectivity index (χ2n) is 6.14. The maximum absolute atomic E-state index is 12.9. The molecule has 0 bridgehead atoms. The Kier molecular flexibility index (Phi) is 6.95. The van der Waals surface area contributed by atoms with Gasteiger partial charge in [0, 0.05) is 44.1 Å². The maximum Gasteiger partial charge on any atom is 0.416 e. The average molecular weight is 415 g/mol. The topological polar surface area (TPSA) is 66.4 Å². The lowest BCUT2D eigenvalue weighted by Crippen LogP contribution is -2.37. The lowest BCUT2D eigenvalue weighted by Gasteiger charge is -2.22. The Balaban J connectivity index is 0.00000280. The molecule has 3 rings (SSSR count). The lowest BCUT2D eigenvalue weighted by molar-refractivity contribution is -0.137. The van der Waals surface area contributed by atoms with Crippen molar-refractivity contribution in [2.75, 3.05) is 26.2 Å². The minimum absolute atomic E-state index is 0. The molecule has 1 fully saturated rings. The first-order valence-corrected chi connectivity index (χ1v) is 8.37. The largest absolute Gasteiger partial charge is 0.416 e. The number of carbonyl (C=O) groups excluding carboxylic acids is 2. The number of hydrogen-bond acceptors (Lipinski definition) is 4. The molecule has 150 valence electrons. The van der Waals surface area contributed by atoms with Crippen LogP contribution in [0.25, 0.3) is 0 Å². The Labute approximate surface area is 165 Å². The molecular weight excluding hydrogens is 397 g/mol. The quantitative estimate of drug-likeness (QED) is 0.758. The molecule has 0 unspecified atom stereocenters. The van der Waals surface area contributed by atoms with Gasteiger partial charge in [-0.05, 0) is 24.6 Å². The smallest absolute Gasteiger partial charge is 0.337 e. The van der Waals surface area contributed by atoms with Crippen LogP contribution < -0.4 is 0 Å². The number of halogens is 4. The van der Waals surface area contributed by atoms with E-state index < -0.39 is 17.6 Å². The predicted molar refractivity (Wildman–Crippen MR) is 97.1 cm³/mol. The molecule has 0 aliphatic carbocycles. The van der Waals surface area contributed by atoms with E-state index in [1.165, 1.54) is 35.8 Å². The highest BCUT2D eigenvalue weighted by atomic mass is 35.5. The van der Waals surface area contributed by atoms with Crippen LogP contribution in [0, 0.1) is 0 Å². The van der Waals surface area contributed by atoms with Crippen molar-refractivity contribution < 1.29 is 22.8 Å². The summed E-state index contributed by atoms with van der Waals surface area (Å²) in [5.41, 5.74) is -0.514. The molecular formula is C18H18ClF3N4O2. The molecule has 6 nitrogen and oxygen atoms in total. The lowest BCUT2D eigenvalue weighted by atomic mass is 10.1. The van der Waals surface area contributed by atoms with E-state index in [9.17, 15) is 22.8 Å². The van der Waals surface area contributed by atoms with Crippen molar-refractivity contribution in [1.82, 2.24) is 19.8 Å². The highest BCUT2D eigenvalue weighted by Crippen LogP contribution is 2.29. The number of rotatable bonds is 2. The molecule has 1 aromatic heterocycles. The van der Waals surface area contributed by atoms with E-state index in [2.05, 4.69) is 9.97 Å². The number of carbonyl (C=O) groups is 2. The fraction of sp³-hybridized carbons (Fsp3) is 0.333. The second-order valence-corrected chi connectivity index (χ2v) is 6.14. The fourth-order valence-electron chi connectivity index (χ4n) is 2.93. The van der Waals surface area contributed by atoms with Gasteiger partial charge in [-0.1, -0.05) is 6.07 Å². The van der Waals surface area contributed by atoms with Crippen LogP contribution in [0.4, 0.5) is 13.2 Å². The van der Waals surface area contributed by atoms with Crippen LogP contribution in [-0.4, -0.2) is 57.8 Å². The Hall–Kier alpha value is -2.68. The van der Waals surface area contributed by atoms with Crippen LogP contribution in [0.1, 0.15) is 32.7 Å². The highest BCUT2D eigenvalue weighted by molar-refractivity contribution is 5.95. The number of benzene rings is 1. The minimum Gasteiger partial charge on any atom is -0.337 e. The number of amides is 2. The van der Waals surface area contributed by atoms with E-state index in [-0.39, 0.29) is 30.4 Å². The van der Waals surface area contributed by atoms with Gasteiger partial charge in [0.2, 0.25) is 0 Å². The molecule has 0 spiro atoms. The average Bonchev–Trinajstić information content (AvgIpc) is 2.93. The van der Waals surface area contributed by atoms with Crippen molar-refractivity contribution in [3.05, 3.63) is 59.7 Å². The molecule has 1 aromatic carbocycles. The predicted octanol–water partition coefficient (Wildman–Crippen LogP) is 2.91. The summed E-state index contributed by atoms with van der Waals surface area (Å²) in [6.45, 7) is 1.34. The Morgan fingerprint density at radius 1 is 0.893 bits per heavy atom. The van der Waals surface area contributed by atoms with Crippen molar-refractivity contribution in [2.24, 2.45) is 0 Å². The summed E-state index contributed by atoms with van der Waals surface area (Å²) >= 11 is 0. The standard InChI is InChI=1S/C18H17F3N4O2.ClH/c19-18(20,21)15-4-1-3-13(9-15)16(26)24-5-2-6-25(8-7-24)17(27)14-10-22-12-23-11-14;/h1,3-4,9-12H,2,5-8H2;1H. The summed E-state index contributed by atoms with van der Waals surface area (Å²) in [6.07, 6.45) is 0.201. The third kappa shape index (κ3) is 4.98. The summed E-state index contributed by atoms with van der Waals surface area (Å²) in [7, 11) is 0. The van der Waals surface area contributed by atoms with Crippen LogP contribution in [0.5, 0.6) is 0 Å². The van der Waals surface area contributed by atoms with Gasteiger partial charge in [0.15, 0.2) is 0 Å². The summed E-state index contributed by atoms with van der Waals surface area (Å²) in [5, 5.41) is 0. The van der Waals surface area contributed by atoms with E-state index in [0.717, 1.165) is 12.1 Å². The van der Waals surface area contributed by atoms with Gasteiger partial charge in [-0.2, -0.15) is 13.2 Å². The molecule has 0 N–H and O–H groups in total. The summed E-state index contributed by atoms with van der Waals surface area (Å²) in [6, 6.07) is 4.38. The first kappa shape index (κ1) is 21.6.